The third-order valence-electron chi connectivity index (χ3n) is 1.85. The van der Waals surface area contributed by atoms with Gasteiger partial charge < -0.3 is 4.42 Å². The normalized spacial score (nSPS) is 10.6. The molecule has 1 heterocycles. The number of allylic oxidation sites excluding steroid dienone is 1. The Labute approximate surface area is 74.1 Å². The summed E-state index contributed by atoms with van der Waals surface area (Å²) in [5.74, 6) is 2.63. The lowest BCUT2D eigenvalue weighted by Crippen LogP contribution is -1.82. The molecule has 1 nitrogen and oxygen atoms in total. The Hall–Kier alpha value is -0.980. The van der Waals surface area contributed by atoms with Crippen molar-refractivity contribution in [3.05, 3.63) is 36.3 Å². The Morgan fingerprint density at radius 2 is 2.25 bits per heavy atom. The molecule has 0 radical (unpaired) electrons. The first-order valence-corrected chi connectivity index (χ1v) is 4.43. The van der Waals surface area contributed by atoms with E-state index in [0.717, 1.165) is 24.4 Å². The molecular weight excluding hydrogens is 148 g/mol. The van der Waals surface area contributed by atoms with Crippen molar-refractivity contribution in [2.45, 2.75) is 32.6 Å². The maximum absolute atomic E-state index is 5.60. The van der Waals surface area contributed by atoms with Gasteiger partial charge in [0.15, 0.2) is 0 Å². The van der Waals surface area contributed by atoms with Crippen molar-refractivity contribution >= 4 is 0 Å². The fourth-order valence-corrected chi connectivity index (χ4v) is 1.08. The summed E-state index contributed by atoms with van der Waals surface area (Å²) in [6.45, 7) is 7.95. The quantitative estimate of drug-likeness (QED) is 0.620. The minimum absolute atomic E-state index is 0.488. The van der Waals surface area contributed by atoms with Crippen molar-refractivity contribution in [1.29, 1.82) is 0 Å². The van der Waals surface area contributed by atoms with Gasteiger partial charge in [-0.25, -0.2) is 0 Å². The van der Waals surface area contributed by atoms with Crippen LogP contribution in [-0.4, -0.2) is 0 Å². The van der Waals surface area contributed by atoms with Crippen molar-refractivity contribution in [3.63, 3.8) is 0 Å². The molecule has 1 heteroatoms. The SMILES string of the molecule is C=CCCc1ccc(C(C)C)o1. The Morgan fingerprint density at radius 1 is 1.50 bits per heavy atom. The second-order valence-electron chi connectivity index (χ2n) is 3.29. The van der Waals surface area contributed by atoms with Crippen LogP contribution in [0.4, 0.5) is 0 Å². The molecular formula is C11H16O. The topological polar surface area (TPSA) is 13.1 Å². The van der Waals surface area contributed by atoms with Crippen molar-refractivity contribution in [2.75, 3.05) is 0 Å². The van der Waals surface area contributed by atoms with Gasteiger partial charge in [0.25, 0.3) is 0 Å². The summed E-state index contributed by atoms with van der Waals surface area (Å²) in [7, 11) is 0. The third kappa shape index (κ3) is 2.26. The van der Waals surface area contributed by atoms with Gasteiger partial charge in [0.1, 0.15) is 11.5 Å². The molecule has 1 rings (SSSR count). The summed E-state index contributed by atoms with van der Waals surface area (Å²) in [5, 5.41) is 0. The highest BCUT2D eigenvalue weighted by molar-refractivity contribution is 5.10. The Bertz CT molecular complexity index is 245. The standard InChI is InChI=1S/C11H16O/c1-4-5-6-10-7-8-11(12-10)9(2)3/h4,7-9H,1,5-6H2,2-3H3. The van der Waals surface area contributed by atoms with Gasteiger partial charge in [0.2, 0.25) is 0 Å². The van der Waals surface area contributed by atoms with Crippen molar-refractivity contribution in [1.82, 2.24) is 0 Å². The first kappa shape index (κ1) is 9.11. The Morgan fingerprint density at radius 3 is 2.75 bits per heavy atom. The molecule has 12 heavy (non-hydrogen) atoms. The minimum atomic E-state index is 0.488. The second-order valence-corrected chi connectivity index (χ2v) is 3.29. The number of furan rings is 1. The first-order chi connectivity index (χ1) is 5.74. The van der Waals surface area contributed by atoms with Crippen LogP contribution in [0.15, 0.2) is 29.2 Å². The molecule has 0 aliphatic heterocycles. The molecule has 0 aromatic carbocycles. The van der Waals surface area contributed by atoms with Crippen LogP contribution in [0.5, 0.6) is 0 Å². The molecule has 66 valence electrons. The summed E-state index contributed by atoms with van der Waals surface area (Å²) in [6.07, 6.45) is 3.87. The van der Waals surface area contributed by atoms with E-state index < -0.39 is 0 Å². The summed E-state index contributed by atoms with van der Waals surface area (Å²) < 4.78 is 5.60. The van der Waals surface area contributed by atoms with Gasteiger partial charge in [-0.2, -0.15) is 0 Å². The van der Waals surface area contributed by atoms with E-state index >= 15 is 0 Å². The van der Waals surface area contributed by atoms with Gasteiger partial charge in [0, 0.05) is 12.3 Å². The molecule has 0 spiro atoms. The summed E-state index contributed by atoms with van der Waals surface area (Å²) >= 11 is 0. The van der Waals surface area contributed by atoms with Gasteiger partial charge in [0.05, 0.1) is 0 Å². The second kappa shape index (κ2) is 4.15. The van der Waals surface area contributed by atoms with Crippen LogP contribution < -0.4 is 0 Å². The lowest BCUT2D eigenvalue weighted by atomic mass is 10.2. The lowest BCUT2D eigenvalue weighted by molar-refractivity contribution is 0.448. The van der Waals surface area contributed by atoms with Crippen LogP contribution in [0.2, 0.25) is 0 Å². The van der Waals surface area contributed by atoms with Crippen molar-refractivity contribution in [3.8, 4) is 0 Å². The molecule has 0 fully saturated rings. The maximum Gasteiger partial charge on any atom is 0.106 e. The molecule has 0 aliphatic carbocycles. The average Bonchev–Trinajstić information content (AvgIpc) is 2.48. The van der Waals surface area contributed by atoms with Crippen LogP contribution in [-0.2, 0) is 6.42 Å². The molecule has 0 amide bonds. The summed E-state index contributed by atoms with van der Waals surface area (Å²) in [5.41, 5.74) is 0. The zero-order valence-electron chi connectivity index (χ0n) is 7.84. The Balaban J connectivity index is 2.58. The average molecular weight is 164 g/mol. The van der Waals surface area contributed by atoms with Crippen LogP contribution in [0.3, 0.4) is 0 Å². The molecule has 1 aromatic rings. The van der Waals surface area contributed by atoms with Crippen molar-refractivity contribution in [2.24, 2.45) is 0 Å². The van der Waals surface area contributed by atoms with E-state index in [-0.39, 0.29) is 0 Å². The largest absolute Gasteiger partial charge is 0.466 e. The molecule has 0 saturated carbocycles. The number of aryl methyl sites for hydroxylation is 1. The van der Waals surface area contributed by atoms with E-state index in [9.17, 15) is 0 Å². The van der Waals surface area contributed by atoms with Gasteiger partial charge in [-0.3, -0.25) is 0 Å². The molecule has 0 bridgehead atoms. The zero-order valence-corrected chi connectivity index (χ0v) is 7.84. The van der Waals surface area contributed by atoms with Crippen LogP contribution in [0.1, 0.15) is 37.7 Å². The monoisotopic (exact) mass is 164 g/mol. The predicted octanol–water partition coefficient (Wildman–Crippen LogP) is 3.52. The number of rotatable bonds is 4. The fourth-order valence-electron chi connectivity index (χ4n) is 1.08. The summed E-state index contributed by atoms with van der Waals surface area (Å²) in [6, 6.07) is 4.11. The van der Waals surface area contributed by atoms with Gasteiger partial charge in [-0.1, -0.05) is 19.9 Å². The summed E-state index contributed by atoms with van der Waals surface area (Å²) in [4.78, 5) is 0. The van der Waals surface area contributed by atoms with Gasteiger partial charge >= 0.3 is 0 Å². The van der Waals surface area contributed by atoms with Gasteiger partial charge in [-0.15, -0.1) is 6.58 Å². The highest BCUT2D eigenvalue weighted by atomic mass is 16.3. The van der Waals surface area contributed by atoms with E-state index in [4.69, 9.17) is 4.42 Å². The van der Waals surface area contributed by atoms with Crippen LogP contribution >= 0.6 is 0 Å². The number of hydrogen-bond donors (Lipinski definition) is 0. The minimum Gasteiger partial charge on any atom is -0.466 e. The van der Waals surface area contributed by atoms with Gasteiger partial charge in [-0.05, 0) is 18.6 Å². The van der Waals surface area contributed by atoms with Crippen LogP contribution in [0, 0.1) is 0 Å². The molecule has 0 aliphatic rings. The molecule has 0 N–H and O–H groups in total. The van der Waals surface area contributed by atoms with E-state index in [2.05, 4.69) is 32.6 Å². The smallest absolute Gasteiger partial charge is 0.106 e. The Kier molecular flexibility index (Phi) is 3.15. The predicted molar refractivity (Wildman–Crippen MR) is 51.3 cm³/mol. The highest BCUT2D eigenvalue weighted by Gasteiger charge is 2.04. The van der Waals surface area contributed by atoms with Crippen molar-refractivity contribution < 1.29 is 4.42 Å². The molecule has 0 saturated heterocycles. The van der Waals surface area contributed by atoms with E-state index in [1.807, 2.05) is 6.08 Å². The molecule has 0 unspecified atom stereocenters. The fraction of sp³-hybridized carbons (Fsp3) is 0.455. The molecule has 0 atom stereocenters. The van der Waals surface area contributed by atoms with E-state index in [1.165, 1.54) is 0 Å². The zero-order chi connectivity index (χ0) is 8.97. The number of hydrogen-bond acceptors (Lipinski definition) is 1. The first-order valence-electron chi connectivity index (χ1n) is 4.43. The van der Waals surface area contributed by atoms with E-state index in [0.29, 0.717) is 5.92 Å². The molecule has 1 aromatic heterocycles. The lowest BCUT2D eigenvalue weighted by Gasteiger charge is -1.98. The third-order valence-corrected chi connectivity index (χ3v) is 1.85. The van der Waals surface area contributed by atoms with E-state index in [1.54, 1.807) is 0 Å². The maximum atomic E-state index is 5.60. The van der Waals surface area contributed by atoms with Crippen LogP contribution in [0.25, 0.3) is 0 Å². The highest BCUT2D eigenvalue weighted by Crippen LogP contribution is 2.18.